The molecule has 0 spiro atoms. The number of alkyl halides is 2. The minimum absolute atomic E-state index is 0.148. The van der Waals surface area contributed by atoms with Gasteiger partial charge in [0, 0.05) is 22.4 Å². The van der Waals surface area contributed by atoms with E-state index in [0.717, 1.165) is 12.5 Å². The zero-order valence-electron chi connectivity index (χ0n) is 13.0. The van der Waals surface area contributed by atoms with Crippen molar-refractivity contribution in [3.05, 3.63) is 71.0 Å². The molecule has 0 saturated carbocycles. The van der Waals surface area contributed by atoms with Gasteiger partial charge in [0.1, 0.15) is 11.5 Å². The average molecular weight is 383 g/mol. The summed E-state index contributed by atoms with van der Waals surface area (Å²) in [6.45, 7) is 0. The van der Waals surface area contributed by atoms with E-state index in [9.17, 15) is 17.2 Å². The zero-order valence-corrected chi connectivity index (χ0v) is 14.6. The number of imidazole rings is 1. The molecule has 0 saturated heterocycles. The van der Waals surface area contributed by atoms with Crippen molar-refractivity contribution in [2.75, 3.05) is 6.26 Å². The number of aromatic amines is 1. The second-order valence-electron chi connectivity index (χ2n) is 5.52. The molecule has 1 aromatic heterocycles. The van der Waals surface area contributed by atoms with Crippen molar-refractivity contribution in [3.8, 4) is 11.4 Å². The molecule has 0 unspecified atom stereocenters. The van der Waals surface area contributed by atoms with Crippen LogP contribution < -0.4 is 0 Å². The standard InChI is InChI=1S/C17H13ClF2N2O2S/c1-25(23,24)14-8-2-11(3-9-14)16-21-10-15(22-16)17(19,20)12-4-6-13(18)7-5-12/h2-10H,1H3,(H,21,22). The van der Waals surface area contributed by atoms with Crippen molar-refractivity contribution in [2.24, 2.45) is 0 Å². The van der Waals surface area contributed by atoms with E-state index in [4.69, 9.17) is 11.6 Å². The first-order valence-corrected chi connectivity index (χ1v) is 9.45. The lowest BCUT2D eigenvalue weighted by molar-refractivity contribution is 0.0385. The molecule has 2 aromatic carbocycles. The molecular weight excluding hydrogens is 370 g/mol. The summed E-state index contributed by atoms with van der Waals surface area (Å²) in [7, 11) is -3.32. The fourth-order valence-corrected chi connectivity index (χ4v) is 3.06. The van der Waals surface area contributed by atoms with Crippen LogP contribution in [-0.2, 0) is 15.8 Å². The Kier molecular flexibility index (Phi) is 4.38. The predicted molar refractivity (Wildman–Crippen MR) is 91.6 cm³/mol. The minimum Gasteiger partial charge on any atom is -0.337 e. The molecule has 0 radical (unpaired) electrons. The number of sulfone groups is 1. The summed E-state index contributed by atoms with van der Waals surface area (Å²) in [5.41, 5.74) is -0.0675. The third kappa shape index (κ3) is 3.57. The number of hydrogen-bond donors (Lipinski definition) is 1. The summed E-state index contributed by atoms with van der Waals surface area (Å²) < 4.78 is 52.1. The molecule has 0 fully saturated rings. The Morgan fingerprint density at radius 3 is 2.20 bits per heavy atom. The Labute approximate surface area is 148 Å². The molecule has 4 nitrogen and oxygen atoms in total. The molecule has 0 aliphatic carbocycles. The molecular formula is C17H13ClF2N2O2S. The summed E-state index contributed by atoms with van der Waals surface area (Å²) in [6.07, 6.45) is 2.16. The van der Waals surface area contributed by atoms with Crippen LogP contribution in [0.3, 0.4) is 0 Å². The van der Waals surface area contributed by atoms with Gasteiger partial charge in [0.2, 0.25) is 0 Å². The van der Waals surface area contributed by atoms with Crippen LogP contribution in [0.4, 0.5) is 8.78 Å². The number of halogens is 3. The topological polar surface area (TPSA) is 62.8 Å². The third-order valence-electron chi connectivity index (χ3n) is 3.68. The van der Waals surface area contributed by atoms with Gasteiger partial charge in [0.05, 0.1) is 11.1 Å². The largest absolute Gasteiger partial charge is 0.337 e. The van der Waals surface area contributed by atoms with Crippen molar-refractivity contribution in [2.45, 2.75) is 10.8 Å². The molecule has 8 heteroatoms. The minimum atomic E-state index is -3.32. The van der Waals surface area contributed by atoms with Crippen molar-refractivity contribution < 1.29 is 17.2 Å². The molecule has 130 valence electrons. The van der Waals surface area contributed by atoms with E-state index in [1.54, 1.807) is 0 Å². The molecule has 1 N–H and O–H groups in total. The van der Waals surface area contributed by atoms with Gasteiger partial charge in [0.25, 0.3) is 0 Å². The zero-order chi connectivity index (χ0) is 18.2. The van der Waals surface area contributed by atoms with E-state index >= 15 is 0 Å². The van der Waals surface area contributed by atoms with E-state index in [-0.39, 0.29) is 22.0 Å². The highest BCUT2D eigenvalue weighted by Gasteiger charge is 2.36. The summed E-state index contributed by atoms with van der Waals surface area (Å²) >= 11 is 5.73. The van der Waals surface area contributed by atoms with Crippen LogP contribution in [0, 0.1) is 0 Å². The summed E-state index contributed by atoms with van der Waals surface area (Å²) in [5.74, 6) is -3.04. The maximum absolute atomic E-state index is 14.6. The Morgan fingerprint density at radius 2 is 1.64 bits per heavy atom. The number of nitrogens with zero attached hydrogens (tertiary/aromatic N) is 1. The predicted octanol–water partition coefficient (Wildman–Crippen LogP) is 4.27. The Morgan fingerprint density at radius 1 is 1.04 bits per heavy atom. The number of H-pyrrole nitrogens is 1. The van der Waals surface area contributed by atoms with Crippen molar-refractivity contribution in [1.82, 2.24) is 9.97 Å². The van der Waals surface area contributed by atoms with Crippen LogP contribution in [0.5, 0.6) is 0 Å². The van der Waals surface area contributed by atoms with Gasteiger partial charge in [-0.3, -0.25) is 0 Å². The van der Waals surface area contributed by atoms with Gasteiger partial charge >= 0.3 is 5.92 Å². The number of benzene rings is 2. The fraction of sp³-hybridized carbons (Fsp3) is 0.118. The number of aromatic nitrogens is 2. The van der Waals surface area contributed by atoms with E-state index in [0.29, 0.717) is 10.6 Å². The lowest BCUT2D eigenvalue weighted by atomic mass is 10.1. The summed E-state index contributed by atoms with van der Waals surface area (Å²) in [6, 6.07) is 11.1. The van der Waals surface area contributed by atoms with Crippen molar-refractivity contribution >= 4 is 21.4 Å². The van der Waals surface area contributed by atoms with E-state index in [2.05, 4.69) is 9.97 Å². The molecule has 25 heavy (non-hydrogen) atoms. The second-order valence-corrected chi connectivity index (χ2v) is 7.98. The van der Waals surface area contributed by atoms with Crippen molar-refractivity contribution in [3.63, 3.8) is 0 Å². The molecule has 0 aliphatic heterocycles. The molecule has 3 rings (SSSR count). The van der Waals surface area contributed by atoms with E-state index < -0.39 is 15.8 Å². The summed E-state index contributed by atoms with van der Waals surface area (Å²) in [5, 5.41) is 0.371. The van der Waals surface area contributed by atoms with Crippen LogP contribution in [0.15, 0.2) is 59.6 Å². The number of rotatable bonds is 4. The quantitative estimate of drug-likeness (QED) is 0.732. The number of hydrogen-bond acceptors (Lipinski definition) is 3. The van der Waals surface area contributed by atoms with Gasteiger partial charge in [0.15, 0.2) is 9.84 Å². The van der Waals surface area contributed by atoms with E-state index in [1.165, 1.54) is 48.5 Å². The molecule has 0 atom stereocenters. The SMILES string of the molecule is CS(=O)(=O)c1ccc(-c2ncc(C(F)(F)c3ccc(Cl)cc3)[nH]2)cc1. The molecule has 3 aromatic rings. The van der Waals surface area contributed by atoms with Crippen molar-refractivity contribution in [1.29, 1.82) is 0 Å². The average Bonchev–Trinajstić information content (AvgIpc) is 3.05. The number of nitrogens with one attached hydrogen (secondary N) is 1. The fourth-order valence-electron chi connectivity index (χ4n) is 2.30. The molecule has 0 aliphatic rings. The van der Waals surface area contributed by atoms with Crippen LogP contribution >= 0.6 is 11.6 Å². The summed E-state index contributed by atoms with van der Waals surface area (Å²) in [4.78, 5) is 6.72. The van der Waals surface area contributed by atoms with Gasteiger partial charge < -0.3 is 4.98 Å². The van der Waals surface area contributed by atoms with Crippen LogP contribution in [-0.4, -0.2) is 24.6 Å². The highest BCUT2D eigenvalue weighted by Crippen LogP contribution is 2.36. The first-order chi connectivity index (χ1) is 11.7. The first kappa shape index (κ1) is 17.6. The maximum atomic E-state index is 14.6. The normalized spacial score (nSPS) is 12.3. The Balaban J connectivity index is 1.93. The van der Waals surface area contributed by atoms with Gasteiger partial charge in [-0.05, 0) is 36.4 Å². The molecule has 1 heterocycles. The van der Waals surface area contributed by atoms with Gasteiger partial charge in [-0.2, -0.15) is 8.78 Å². The van der Waals surface area contributed by atoms with E-state index in [1.807, 2.05) is 0 Å². The third-order valence-corrected chi connectivity index (χ3v) is 5.06. The van der Waals surface area contributed by atoms with Gasteiger partial charge in [-0.1, -0.05) is 23.7 Å². The van der Waals surface area contributed by atoms with Crippen LogP contribution in [0.2, 0.25) is 5.02 Å². The second kappa shape index (κ2) is 6.24. The lowest BCUT2D eigenvalue weighted by Gasteiger charge is -2.14. The molecule has 0 amide bonds. The van der Waals surface area contributed by atoms with Gasteiger partial charge in [-0.15, -0.1) is 0 Å². The van der Waals surface area contributed by atoms with Crippen LogP contribution in [0.25, 0.3) is 11.4 Å². The van der Waals surface area contributed by atoms with Gasteiger partial charge in [-0.25, -0.2) is 13.4 Å². The Hall–Kier alpha value is -2.25. The molecule has 0 bridgehead atoms. The first-order valence-electron chi connectivity index (χ1n) is 7.18. The lowest BCUT2D eigenvalue weighted by Crippen LogP contribution is -2.15. The monoisotopic (exact) mass is 382 g/mol. The van der Waals surface area contributed by atoms with Crippen LogP contribution in [0.1, 0.15) is 11.3 Å². The maximum Gasteiger partial charge on any atom is 0.314 e. The highest BCUT2D eigenvalue weighted by molar-refractivity contribution is 7.90. The Bertz CT molecular complexity index is 998. The highest BCUT2D eigenvalue weighted by atomic mass is 35.5. The smallest absolute Gasteiger partial charge is 0.314 e.